The number of ether oxygens (including phenoxy) is 1. The second-order valence-corrected chi connectivity index (χ2v) is 4.68. The molecule has 0 saturated heterocycles. The lowest BCUT2D eigenvalue weighted by Crippen LogP contribution is -2.05. The van der Waals surface area contributed by atoms with Crippen molar-refractivity contribution in [2.24, 2.45) is 0 Å². The highest BCUT2D eigenvalue weighted by molar-refractivity contribution is 9.10. The average Bonchev–Trinajstić information content (AvgIpc) is 2.40. The maximum Gasteiger partial charge on any atom is 0.336 e. The van der Waals surface area contributed by atoms with Gasteiger partial charge in [-0.1, -0.05) is 18.2 Å². The smallest absolute Gasteiger partial charge is 0.336 e. The van der Waals surface area contributed by atoms with Gasteiger partial charge in [-0.15, -0.1) is 0 Å². The minimum atomic E-state index is -1.00. The summed E-state index contributed by atoms with van der Waals surface area (Å²) in [4.78, 5) is 11.0. The lowest BCUT2D eigenvalue weighted by molar-refractivity contribution is 0.0694. The molecule has 0 saturated carbocycles. The van der Waals surface area contributed by atoms with Crippen LogP contribution in [0.15, 0.2) is 46.9 Å². The van der Waals surface area contributed by atoms with Crippen molar-refractivity contribution in [3.63, 3.8) is 0 Å². The first kappa shape index (κ1) is 13.5. The summed E-state index contributed by atoms with van der Waals surface area (Å²) in [5.41, 5.74) is 0.763. The van der Waals surface area contributed by atoms with Gasteiger partial charge < -0.3 is 9.84 Å². The van der Waals surface area contributed by atoms with E-state index in [1.54, 1.807) is 18.2 Å². The number of rotatable bonds is 4. The number of hydrogen-bond acceptors (Lipinski definition) is 2. The monoisotopic (exact) mass is 324 g/mol. The maximum atomic E-state index is 13.1. The molecule has 0 aromatic heterocycles. The van der Waals surface area contributed by atoms with Crippen molar-refractivity contribution in [1.82, 2.24) is 0 Å². The van der Waals surface area contributed by atoms with Crippen LogP contribution < -0.4 is 4.74 Å². The predicted molar refractivity (Wildman–Crippen MR) is 71.8 cm³/mol. The zero-order valence-electron chi connectivity index (χ0n) is 9.77. The first-order chi connectivity index (χ1) is 9.08. The van der Waals surface area contributed by atoms with Crippen LogP contribution in [0.25, 0.3) is 0 Å². The zero-order chi connectivity index (χ0) is 13.8. The normalized spacial score (nSPS) is 10.2. The molecule has 0 amide bonds. The number of halogens is 2. The Kier molecular flexibility index (Phi) is 4.16. The third kappa shape index (κ3) is 3.32. The van der Waals surface area contributed by atoms with Gasteiger partial charge in [0.2, 0.25) is 0 Å². The Balaban J connectivity index is 2.14. The van der Waals surface area contributed by atoms with Gasteiger partial charge in [-0.2, -0.15) is 0 Å². The number of carboxylic acids is 1. The zero-order valence-corrected chi connectivity index (χ0v) is 11.4. The first-order valence-electron chi connectivity index (χ1n) is 5.47. The maximum absolute atomic E-state index is 13.1. The van der Waals surface area contributed by atoms with Crippen LogP contribution in [0.5, 0.6) is 5.75 Å². The molecule has 0 radical (unpaired) electrons. The van der Waals surface area contributed by atoms with E-state index in [1.807, 2.05) is 0 Å². The fraction of sp³-hybridized carbons (Fsp3) is 0.0714. The molecule has 1 N–H and O–H groups in total. The molecular weight excluding hydrogens is 315 g/mol. The second-order valence-electron chi connectivity index (χ2n) is 3.83. The van der Waals surface area contributed by atoms with Gasteiger partial charge in [0.05, 0.1) is 10.0 Å². The Hall–Kier alpha value is -1.88. The molecule has 19 heavy (non-hydrogen) atoms. The Morgan fingerprint density at radius 1 is 1.26 bits per heavy atom. The summed E-state index contributed by atoms with van der Waals surface area (Å²) in [7, 11) is 0. The van der Waals surface area contributed by atoms with E-state index in [0.717, 1.165) is 0 Å². The lowest BCUT2D eigenvalue weighted by Gasteiger charge is -2.09. The molecule has 3 nitrogen and oxygen atoms in total. The Morgan fingerprint density at radius 3 is 2.68 bits per heavy atom. The summed E-state index contributed by atoms with van der Waals surface area (Å²) in [6.07, 6.45) is 0. The summed E-state index contributed by atoms with van der Waals surface area (Å²) in [5.74, 6) is -0.911. The topological polar surface area (TPSA) is 46.5 Å². The van der Waals surface area contributed by atoms with Crippen molar-refractivity contribution in [2.45, 2.75) is 6.61 Å². The molecule has 0 aliphatic rings. The predicted octanol–water partition coefficient (Wildman–Crippen LogP) is 3.87. The van der Waals surface area contributed by atoms with Crippen LogP contribution in [-0.2, 0) is 6.61 Å². The van der Waals surface area contributed by atoms with E-state index >= 15 is 0 Å². The molecule has 2 aromatic rings. The number of carboxylic acid groups (broad SMARTS) is 1. The van der Waals surface area contributed by atoms with Crippen LogP contribution in [-0.4, -0.2) is 11.1 Å². The van der Waals surface area contributed by atoms with Gasteiger partial charge in [0.15, 0.2) is 0 Å². The van der Waals surface area contributed by atoms with E-state index in [-0.39, 0.29) is 18.0 Å². The molecule has 0 spiro atoms. The van der Waals surface area contributed by atoms with E-state index < -0.39 is 5.97 Å². The van der Waals surface area contributed by atoms with Crippen LogP contribution in [0.4, 0.5) is 4.39 Å². The van der Waals surface area contributed by atoms with E-state index in [4.69, 9.17) is 9.84 Å². The SMILES string of the molecule is O=C(O)c1ccccc1COc1ccc(F)c(Br)c1. The molecule has 0 heterocycles. The molecular formula is C14H10BrFO3. The van der Waals surface area contributed by atoms with E-state index in [1.165, 1.54) is 24.3 Å². The molecule has 0 aliphatic carbocycles. The summed E-state index contributed by atoms with van der Waals surface area (Å²) in [6.45, 7) is 0.112. The van der Waals surface area contributed by atoms with Crippen molar-refractivity contribution in [3.05, 3.63) is 63.9 Å². The van der Waals surface area contributed by atoms with Gasteiger partial charge in [-0.25, -0.2) is 9.18 Å². The largest absolute Gasteiger partial charge is 0.489 e. The van der Waals surface area contributed by atoms with E-state index in [9.17, 15) is 9.18 Å². The first-order valence-corrected chi connectivity index (χ1v) is 6.26. The van der Waals surface area contributed by atoms with Gasteiger partial charge in [0.25, 0.3) is 0 Å². The van der Waals surface area contributed by atoms with E-state index in [2.05, 4.69) is 15.9 Å². The number of aromatic carboxylic acids is 1. The third-order valence-corrected chi connectivity index (χ3v) is 3.14. The van der Waals surface area contributed by atoms with Crippen LogP contribution in [0.2, 0.25) is 0 Å². The van der Waals surface area contributed by atoms with Gasteiger partial charge in [-0.05, 0) is 40.2 Å². The second kappa shape index (κ2) is 5.84. The van der Waals surface area contributed by atoms with Crippen LogP contribution >= 0.6 is 15.9 Å². The minimum absolute atomic E-state index is 0.112. The van der Waals surface area contributed by atoms with Gasteiger partial charge >= 0.3 is 5.97 Å². The van der Waals surface area contributed by atoms with Crippen LogP contribution in [0, 0.1) is 5.82 Å². The molecule has 0 bridgehead atoms. The molecule has 0 atom stereocenters. The Labute approximate surface area is 117 Å². The fourth-order valence-electron chi connectivity index (χ4n) is 1.58. The van der Waals surface area contributed by atoms with Gasteiger partial charge in [0.1, 0.15) is 18.2 Å². The number of carbonyl (C=O) groups is 1. The van der Waals surface area contributed by atoms with Crippen molar-refractivity contribution in [1.29, 1.82) is 0 Å². The Morgan fingerprint density at radius 2 is 2.00 bits per heavy atom. The van der Waals surface area contributed by atoms with Crippen molar-refractivity contribution in [3.8, 4) is 5.75 Å². The molecule has 5 heteroatoms. The summed E-state index contributed by atoms with van der Waals surface area (Å²) < 4.78 is 18.8. The highest BCUT2D eigenvalue weighted by Crippen LogP contribution is 2.22. The number of hydrogen-bond donors (Lipinski definition) is 1. The van der Waals surface area contributed by atoms with Crippen LogP contribution in [0.1, 0.15) is 15.9 Å². The minimum Gasteiger partial charge on any atom is -0.489 e. The van der Waals surface area contributed by atoms with Crippen molar-refractivity contribution in [2.75, 3.05) is 0 Å². The van der Waals surface area contributed by atoms with Crippen LogP contribution in [0.3, 0.4) is 0 Å². The third-order valence-electron chi connectivity index (χ3n) is 2.53. The molecule has 2 aromatic carbocycles. The van der Waals surface area contributed by atoms with Crippen molar-refractivity contribution < 1.29 is 19.0 Å². The van der Waals surface area contributed by atoms with Crippen molar-refractivity contribution >= 4 is 21.9 Å². The van der Waals surface area contributed by atoms with Gasteiger partial charge in [-0.3, -0.25) is 0 Å². The molecule has 2 rings (SSSR count). The number of benzene rings is 2. The molecule has 0 aliphatic heterocycles. The molecule has 0 fully saturated rings. The molecule has 98 valence electrons. The summed E-state index contributed by atoms with van der Waals surface area (Å²) >= 11 is 3.06. The quantitative estimate of drug-likeness (QED) is 0.928. The van der Waals surface area contributed by atoms with E-state index in [0.29, 0.717) is 15.8 Å². The lowest BCUT2D eigenvalue weighted by atomic mass is 10.1. The Bertz CT molecular complexity index is 613. The summed E-state index contributed by atoms with van der Waals surface area (Å²) in [5, 5.41) is 9.03. The fourth-order valence-corrected chi connectivity index (χ4v) is 1.94. The highest BCUT2D eigenvalue weighted by Gasteiger charge is 2.09. The average molecular weight is 325 g/mol. The highest BCUT2D eigenvalue weighted by atomic mass is 79.9. The van der Waals surface area contributed by atoms with Gasteiger partial charge in [0, 0.05) is 5.56 Å². The summed E-state index contributed by atoms with van der Waals surface area (Å²) in [6, 6.07) is 10.9. The molecule has 0 unspecified atom stereocenters. The standard InChI is InChI=1S/C14H10BrFO3/c15-12-7-10(5-6-13(12)16)19-8-9-3-1-2-4-11(9)14(17)18/h1-7H,8H2,(H,17,18).